The van der Waals surface area contributed by atoms with Crippen molar-refractivity contribution in [2.24, 2.45) is 0 Å². The molecule has 4 nitrogen and oxygen atoms in total. The second kappa shape index (κ2) is 3.83. The molecule has 0 aromatic carbocycles. The average molecular weight is 199 g/mol. The fraction of sp³-hybridized carbons (Fsp3) is 0.500. The molecule has 0 aliphatic carbocycles. The van der Waals surface area contributed by atoms with Gasteiger partial charge in [-0.05, 0) is 20.1 Å². The third kappa shape index (κ3) is 2.03. The van der Waals surface area contributed by atoms with Crippen molar-refractivity contribution >= 4 is 22.7 Å². The Bertz CT molecular complexity index is 319. The largest absolute Gasteiger partial charge is 0.382 e. The van der Waals surface area contributed by atoms with Crippen LogP contribution in [0, 0.1) is 0 Å². The topological polar surface area (TPSA) is 60.9 Å². The number of nitrogens with two attached hydrogens (primary N) is 1. The van der Waals surface area contributed by atoms with E-state index in [1.807, 2.05) is 13.8 Å². The van der Waals surface area contributed by atoms with E-state index >= 15 is 0 Å². The van der Waals surface area contributed by atoms with Gasteiger partial charge in [-0.1, -0.05) is 11.8 Å². The number of nitrogens with zero attached hydrogens (tertiary/aromatic N) is 2. The Morgan fingerprint density at radius 2 is 2.31 bits per heavy atom. The second-order valence-corrected chi connectivity index (χ2v) is 3.76. The van der Waals surface area contributed by atoms with E-state index < -0.39 is 0 Å². The van der Waals surface area contributed by atoms with Crippen molar-refractivity contribution in [1.82, 2.24) is 9.78 Å². The quantitative estimate of drug-likeness (QED) is 0.785. The van der Waals surface area contributed by atoms with E-state index in [9.17, 15) is 4.79 Å². The molecule has 1 rings (SSSR count). The third-order valence-corrected chi connectivity index (χ3v) is 2.22. The zero-order valence-electron chi connectivity index (χ0n) is 7.94. The number of hydrogen-bond donors (Lipinski definition) is 1. The van der Waals surface area contributed by atoms with Crippen molar-refractivity contribution in [3.05, 3.63) is 11.8 Å². The lowest BCUT2D eigenvalue weighted by atomic mass is 10.3. The number of aromatic nitrogens is 2. The summed E-state index contributed by atoms with van der Waals surface area (Å²) in [5, 5.41) is 4.04. The Balaban J connectivity index is 3.11. The Morgan fingerprint density at radius 1 is 1.69 bits per heavy atom. The van der Waals surface area contributed by atoms with Crippen LogP contribution in [0.1, 0.15) is 30.4 Å². The van der Waals surface area contributed by atoms with Crippen molar-refractivity contribution in [2.45, 2.75) is 19.9 Å². The highest BCUT2D eigenvalue weighted by Gasteiger charge is 2.14. The van der Waals surface area contributed by atoms with Gasteiger partial charge in [-0.25, -0.2) is 0 Å². The Labute approximate surface area is 81.5 Å². The predicted molar refractivity (Wildman–Crippen MR) is 54.9 cm³/mol. The minimum atomic E-state index is -0.00194. The number of thioether (sulfide) groups is 1. The van der Waals surface area contributed by atoms with Gasteiger partial charge in [0.25, 0.3) is 0 Å². The first-order valence-electron chi connectivity index (χ1n) is 3.99. The molecule has 0 aliphatic rings. The summed E-state index contributed by atoms with van der Waals surface area (Å²) in [5.41, 5.74) is 6.09. The molecular weight excluding hydrogens is 186 g/mol. The summed E-state index contributed by atoms with van der Waals surface area (Å²) in [6.45, 7) is 3.92. The highest BCUT2D eigenvalue weighted by atomic mass is 32.2. The fourth-order valence-corrected chi connectivity index (χ4v) is 1.43. The van der Waals surface area contributed by atoms with Gasteiger partial charge >= 0.3 is 0 Å². The number of rotatable bonds is 2. The van der Waals surface area contributed by atoms with Gasteiger partial charge in [-0.2, -0.15) is 5.10 Å². The molecule has 0 saturated carbocycles. The van der Waals surface area contributed by atoms with Gasteiger partial charge in [0.2, 0.25) is 5.12 Å². The molecule has 0 radical (unpaired) electrons. The Kier molecular flexibility index (Phi) is 2.98. The van der Waals surface area contributed by atoms with Crippen LogP contribution in [0.25, 0.3) is 0 Å². The van der Waals surface area contributed by atoms with Crippen LogP contribution in [0.4, 0.5) is 5.82 Å². The number of hydrogen-bond acceptors (Lipinski definition) is 4. The molecule has 2 N–H and O–H groups in total. The molecule has 0 spiro atoms. The first kappa shape index (κ1) is 10.1. The van der Waals surface area contributed by atoms with Crippen LogP contribution in [0.2, 0.25) is 0 Å². The van der Waals surface area contributed by atoms with Crippen LogP contribution < -0.4 is 5.73 Å². The number of carbonyl (C=O) groups is 1. The van der Waals surface area contributed by atoms with Crippen molar-refractivity contribution < 1.29 is 4.79 Å². The molecule has 72 valence electrons. The standard InChI is InChI=1S/C8H13N3OS/c1-5(2)11-6(8(12)13-3)4-7(9)10-11/h4-5H,1-3H3,(H2,9,10). The number of carbonyl (C=O) groups excluding carboxylic acids is 1. The molecule has 0 saturated heterocycles. The van der Waals surface area contributed by atoms with Gasteiger partial charge in [-0.15, -0.1) is 0 Å². The van der Waals surface area contributed by atoms with E-state index in [1.54, 1.807) is 17.0 Å². The van der Waals surface area contributed by atoms with Gasteiger partial charge in [0.15, 0.2) is 0 Å². The van der Waals surface area contributed by atoms with Crippen molar-refractivity contribution in [2.75, 3.05) is 12.0 Å². The lowest BCUT2D eigenvalue weighted by Crippen LogP contribution is -2.10. The van der Waals surface area contributed by atoms with Crippen LogP contribution in [-0.4, -0.2) is 21.2 Å². The third-order valence-electron chi connectivity index (χ3n) is 1.64. The number of nitrogen functional groups attached to an aromatic ring is 1. The minimum absolute atomic E-state index is 0.00194. The number of anilines is 1. The molecule has 1 aromatic heterocycles. The van der Waals surface area contributed by atoms with E-state index in [1.165, 1.54) is 11.8 Å². The normalized spacial score (nSPS) is 10.8. The summed E-state index contributed by atoms with van der Waals surface area (Å²) in [6, 6.07) is 1.77. The summed E-state index contributed by atoms with van der Waals surface area (Å²) < 4.78 is 1.65. The second-order valence-electron chi connectivity index (χ2n) is 2.98. The molecule has 0 unspecified atom stereocenters. The van der Waals surface area contributed by atoms with E-state index in [-0.39, 0.29) is 11.2 Å². The van der Waals surface area contributed by atoms with Crippen molar-refractivity contribution in [1.29, 1.82) is 0 Å². The van der Waals surface area contributed by atoms with Crippen LogP contribution in [0.5, 0.6) is 0 Å². The summed E-state index contributed by atoms with van der Waals surface area (Å²) in [7, 11) is 0. The molecule has 0 amide bonds. The van der Waals surface area contributed by atoms with Gasteiger partial charge < -0.3 is 5.73 Å². The maximum atomic E-state index is 11.4. The maximum absolute atomic E-state index is 11.4. The molecule has 5 heteroatoms. The Morgan fingerprint density at radius 3 is 2.77 bits per heavy atom. The highest BCUT2D eigenvalue weighted by molar-refractivity contribution is 8.13. The van der Waals surface area contributed by atoms with Crippen LogP contribution in [0.3, 0.4) is 0 Å². The average Bonchev–Trinajstić information content (AvgIpc) is 2.46. The SMILES string of the molecule is CSC(=O)c1cc(N)nn1C(C)C. The van der Waals surface area contributed by atoms with E-state index in [4.69, 9.17) is 5.73 Å². The molecule has 0 fully saturated rings. The summed E-state index contributed by atoms with van der Waals surface area (Å²) in [5.74, 6) is 0.395. The monoisotopic (exact) mass is 199 g/mol. The first-order valence-corrected chi connectivity index (χ1v) is 5.22. The summed E-state index contributed by atoms with van der Waals surface area (Å²) in [4.78, 5) is 11.4. The van der Waals surface area contributed by atoms with Gasteiger partial charge in [0.05, 0.1) is 0 Å². The van der Waals surface area contributed by atoms with Crippen LogP contribution >= 0.6 is 11.8 Å². The zero-order valence-corrected chi connectivity index (χ0v) is 8.76. The summed E-state index contributed by atoms with van der Waals surface area (Å²) >= 11 is 1.17. The van der Waals surface area contributed by atoms with E-state index in [0.29, 0.717) is 11.5 Å². The fourth-order valence-electron chi connectivity index (χ4n) is 1.06. The lowest BCUT2D eigenvalue weighted by Gasteiger charge is -2.08. The highest BCUT2D eigenvalue weighted by Crippen LogP contribution is 2.16. The summed E-state index contributed by atoms with van der Waals surface area (Å²) in [6.07, 6.45) is 1.75. The molecule has 1 aromatic rings. The van der Waals surface area contributed by atoms with Crippen LogP contribution in [0.15, 0.2) is 6.07 Å². The molecule has 13 heavy (non-hydrogen) atoms. The smallest absolute Gasteiger partial charge is 0.237 e. The van der Waals surface area contributed by atoms with E-state index in [0.717, 1.165) is 0 Å². The van der Waals surface area contributed by atoms with Gasteiger partial charge in [-0.3, -0.25) is 9.48 Å². The van der Waals surface area contributed by atoms with Crippen molar-refractivity contribution in [3.63, 3.8) is 0 Å². The minimum Gasteiger partial charge on any atom is -0.382 e. The molecule has 0 aliphatic heterocycles. The molecular formula is C8H13N3OS. The molecule has 0 bridgehead atoms. The maximum Gasteiger partial charge on any atom is 0.237 e. The lowest BCUT2D eigenvalue weighted by molar-refractivity contribution is 0.107. The van der Waals surface area contributed by atoms with Crippen LogP contribution in [-0.2, 0) is 0 Å². The van der Waals surface area contributed by atoms with Gasteiger partial charge in [0, 0.05) is 12.1 Å². The van der Waals surface area contributed by atoms with E-state index in [2.05, 4.69) is 5.10 Å². The van der Waals surface area contributed by atoms with Crippen molar-refractivity contribution in [3.8, 4) is 0 Å². The first-order chi connectivity index (χ1) is 6.06. The molecule has 0 atom stereocenters. The van der Waals surface area contributed by atoms with Gasteiger partial charge in [0.1, 0.15) is 11.5 Å². The zero-order chi connectivity index (χ0) is 10.0. The predicted octanol–water partition coefficient (Wildman–Crippen LogP) is 1.55. The Hall–Kier alpha value is -0.970. The molecule has 1 heterocycles.